The van der Waals surface area contributed by atoms with Gasteiger partial charge in [0.15, 0.2) is 0 Å². The van der Waals surface area contributed by atoms with Crippen molar-refractivity contribution < 1.29 is 19.2 Å². The van der Waals surface area contributed by atoms with Crippen molar-refractivity contribution in [2.24, 2.45) is 29.6 Å². The van der Waals surface area contributed by atoms with Crippen molar-refractivity contribution >= 4 is 46.3 Å². The van der Waals surface area contributed by atoms with Gasteiger partial charge in [-0.25, -0.2) is 0 Å². The maximum atomic E-state index is 13.8. The predicted octanol–water partition coefficient (Wildman–Crippen LogP) is 4.03. The minimum atomic E-state index is -0.505. The summed E-state index contributed by atoms with van der Waals surface area (Å²) in [5.41, 5.74) is 1.27. The number of rotatable bonds is 4. The molecular weight excluding hydrogens is 514 g/mol. The number of carbonyl (C=O) groups excluding carboxylic acids is 2. The molecule has 7 atom stereocenters. The monoisotopic (exact) mass is 535 g/mol. The number of aromatic nitrogens is 1. The largest absolute Gasteiger partial charge is 0.496 e. The van der Waals surface area contributed by atoms with Gasteiger partial charge in [0.1, 0.15) is 5.75 Å². The van der Waals surface area contributed by atoms with Gasteiger partial charge in [0.05, 0.1) is 34.6 Å². The van der Waals surface area contributed by atoms with Crippen LogP contribution in [0.3, 0.4) is 0 Å². The number of fused-ring (bicyclic) bond motifs is 9. The van der Waals surface area contributed by atoms with Gasteiger partial charge in [-0.1, -0.05) is 29.5 Å². The number of H-pyrrole nitrogens is 1. The standard InChI is InChI=1S/C26H21N3O6S2/c1-35-16-5-3-2-4-13(16)17-18-14-10-15(21(18)36-23-22(17)37-26(32)27-23)20-19(14)24(30)28(25(20)31)11-6-8-12(9-7-11)29(33)34/h2-9,14-15,17-21H,10H2,1H3,(H,27,32)/t14-,15+,17-,18+,19-,20-,21-/m1/s1. The van der Waals surface area contributed by atoms with Crippen LogP contribution in [0.15, 0.2) is 58.4 Å². The van der Waals surface area contributed by atoms with Gasteiger partial charge in [-0.2, -0.15) is 0 Å². The molecule has 9 nitrogen and oxygen atoms in total. The number of benzene rings is 2. The molecule has 2 saturated carbocycles. The summed E-state index contributed by atoms with van der Waals surface area (Å²) in [6.45, 7) is 0. The second kappa shape index (κ2) is 8.03. The lowest BCUT2D eigenvalue weighted by Crippen LogP contribution is -2.42. The number of para-hydroxylation sites is 1. The van der Waals surface area contributed by atoms with Crippen molar-refractivity contribution in [2.75, 3.05) is 12.0 Å². The Morgan fingerprint density at radius 1 is 1.03 bits per heavy atom. The third-order valence-corrected chi connectivity index (χ3v) is 11.1. The van der Waals surface area contributed by atoms with Crippen LogP contribution in [0.25, 0.3) is 0 Å². The molecule has 0 unspecified atom stereocenters. The van der Waals surface area contributed by atoms with E-state index in [0.29, 0.717) is 5.69 Å². The fraction of sp³-hybridized carbons (Fsp3) is 0.346. The number of ether oxygens (including phenoxy) is 1. The number of nitrogens with zero attached hydrogens (tertiary/aromatic N) is 2. The first-order chi connectivity index (χ1) is 17.9. The van der Waals surface area contributed by atoms with Crippen molar-refractivity contribution in [3.63, 3.8) is 0 Å². The lowest BCUT2D eigenvalue weighted by molar-refractivity contribution is -0.384. The fourth-order valence-electron chi connectivity index (χ4n) is 7.27. The van der Waals surface area contributed by atoms with E-state index in [2.05, 4.69) is 4.98 Å². The molecule has 3 fully saturated rings. The van der Waals surface area contributed by atoms with Crippen molar-refractivity contribution in [1.29, 1.82) is 0 Å². The van der Waals surface area contributed by atoms with Gasteiger partial charge >= 0.3 is 4.87 Å². The highest BCUT2D eigenvalue weighted by atomic mass is 32.2. The van der Waals surface area contributed by atoms with Crippen LogP contribution in [-0.4, -0.2) is 34.1 Å². The van der Waals surface area contributed by atoms with Gasteiger partial charge in [0.25, 0.3) is 5.69 Å². The number of thioether (sulfide) groups is 1. The number of nitro groups is 1. The molecule has 0 radical (unpaired) electrons. The number of nitro benzene ring substituents is 1. The molecule has 1 saturated heterocycles. The number of anilines is 1. The number of amides is 2. The molecule has 3 heterocycles. The van der Waals surface area contributed by atoms with Crippen LogP contribution in [0.4, 0.5) is 11.4 Å². The third kappa shape index (κ3) is 3.07. The predicted molar refractivity (Wildman–Crippen MR) is 137 cm³/mol. The van der Waals surface area contributed by atoms with Gasteiger partial charge in [0, 0.05) is 33.7 Å². The third-order valence-electron chi connectivity index (χ3n) is 8.52. The van der Waals surface area contributed by atoms with Crippen molar-refractivity contribution in [3.8, 4) is 5.75 Å². The zero-order valence-electron chi connectivity index (χ0n) is 19.5. The number of nitrogens with one attached hydrogen (secondary N) is 1. The number of carbonyl (C=O) groups is 2. The van der Waals surface area contributed by atoms with E-state index in [9.17, 15) is 24.5 Å². The average Bonchev–Trinajstić information content (AvgIpc) is 3.63. The van der Waals surface area contributed by atoms with E-state index in [-0.39, 0.29) is 51.3 Å². The Labute approximate surface area is 219 Å². The van der Waals surface area contributed by atoms with E-state index >= 15 is 0 Å². The first kappa shape index (κ1) is 22.7. The van der Waals surface area contributed by atoms with Crippen LogP contribution in [0, 0.1) is 39.7 Å². The molecule has 11 heteroatoms. The number of imide groups is 1. The van der Waals surface area contributed by atoms with E-state index < -0.39 is 16.8 Å². The Hall–Kier alpha value is -3.44. The maximum Gasteiger partial charge on any atom is 0.305 e. The number of aromatic amines is 1. The zero-order chi connectivity index (χ0) is 25.6. The Balaban J connectivity index is 1.31. The summed E-state index contributed by atoms with van der Waals surface area (Å²) < 4.78 is 5.71. The van der Waals surface area contributed by atoms with Gasteiger partial charge in [-0.3, -0.25) is 29.4 Å². The van der Waals surface area contributed by atoms with Crippen molar-refractivity contribution in [1.82, 2.24) is 4.98 Å². The molecule has 7 rings (SSSR count). The van der Waals surface area contributed by atoms with Crippen molar-refractivity contribution in [3.05, 3.63) is 78.8 Å². The van der Waals surface area contributed by atoms with Gasteiger partial charge in [-0.15, -0.1) is 11.8 Å². The lowest BCUT2D eigenvalue weighted by atomic mass is 9.68. The molecule has 2 bridgehead atoms. The lowest BCUT2D eigenvalue weighted by Gasteiger charge is -2.43. The summed E-state index contributed by atoms with van der Waals surface area (Å²) in [7, 11) is 1.63. The molecule has 3 aromatic rings. The molecular formula is C26H21N3O6S2. The Morgan fingerprint density at radius 2 is 1.73 bits per heavy atom. The first-order valence-corrected chi connectivity index (χ1v) is 13.7. The number of non-ortho nitro benzene ring substituents is 1. The highest BCUT2D eigenvalue weighted by Gasteiger charge is 2.69. The summed E-state index contributed by atoms with van der Waals surface area (Å²) in [4.78, 5) is 55.5. The van der Waals surface area contributed by atoms with Gasteiger partial charge < -0.3 is 9.72 Å². The second-order valence-electron chi connectivity index (χ2n) is 9.99. The highest BCUT2D eigenvalue weighted by molar-refractivity contribution is 8.00. The molecule has 188 valence electrons. The number of thiazole rings is 1. The molecule has 1 aromatic heterocycles. The number of hydrogen-bond acceptors (Lipinski definition) is 8. The molecule has 37 heavy (non-hydrogen) atoms. The molecule has 0 spiro atoms. The summed E-state index contributed by atoms with van der Waals surface area (Å²) in [5, 5.41) is 12.0. The maximum absolute atomic E-state index is 13.8. The Bertz CT molecular complexity index is 1530. The second-order valence-corrected chi connectivity index (χ2v) is 12.2. The van der Waals surface area contributed by atoms with E-state index in [4.69, 9.17) is 4.74 Å². The summed E-state index contributed by atoms with van der Waals surface area (Å²) in [6.07, 6.45) is 0.786. The minimum Gasteiger partial charge on any atom is -0.496 e. The van der Waals surface area contributed by atoms with E-state index in [1.165, 1.54) is 40.5 Å². The summed E-state index contributed by atoms with van der Waals surface area (Å²) in [5.74, 6) is -0.652. The average molecular weight is 536 g/mol. The van der Waals surface area contributed by atoms with Crippen LogP contribution in [-0.2, 0) is 9.59 Å². The summed E-state index contributed by atoms with van der Waals surface area (Å²) >= 11 is 2.85. The van der Waals surface area contributed by atoms with E-state index in [0.717, 1.165) is 27.6 Å². The van der Waals surface area contributed by atoms with Crippen LogP contribution >= 0.6 is 23.1 Å². The summed E-state index contributed by atoms with van der Waals surface area (Å²) in [6, 6.07) is 13.4. The van der Waals surface area contributed by atoms with E-state index in [1.54, 1.807) is 18.9 Å². The SMILES string of the molecule is COc1ccccc1[C@H]1c2sc(=O)[nH]c2S[C@@H]2[C@H]3C[C@@H]([C@H]4C(=O)N(c5ccc([N+](=O)[O-])cc5)C(=O)[C@H]34)[C@@H]12. The van der Waals surface area contributed by atoms with Crippen molar-refractivity contribution in [2.45, 2.75) is 22.6 Å². The molecule has 2 amide bonds. The number of hydrogen-bond donors (Lipinski definition) is 1. The molecule has 4 aliphatic rings. The van der Waals surface area contributed by atoms with Crippen LogP contribution in [0.2, 0.25) is 0 Å². The fourth-order valence-corrected chi connectivity index (χ4v) is 10.1. The molecule has 1 N–H and O–H groups in total. The zero-order valence-corrected chi connectivity index (χ0v) is 21.2. The van der Waals surface area contributed by atoms with Gasteiger partial charge in [0.2, 0.25) is 11.8 Å². The van der Waals surface area contributed by atoms with Gasteiger partial charge in [-0.05, 0) is 42.4 Å². The Morgan fingerprint density at radius 3 is 2.43 bits per heavy atom. The van der Waals surface area contributed by atoms with E-state index in [1.807, 2.05) is 24.3 Å². The molecule has 2 aliphatic heterocycles. The quantitative estimate of drug-likeness (QED) is 0.304. The first-order valence-electron chi connectivity index (χ1n) is 12.0. The number of methoxy groups -OCH3 is 1. The normalized spacial score (nSPS) is 31.3. The topological polar surface area (TPSA) is 123 Å². The minimum absolute atomic E-state index is 0.00161. The van der Waals surface area contributed by atoms with Crippen LogP contribution < -0.4 is 14.5 Å². The molecule has 2 aromatic carbocycles. The molecule has 2 aliphatic carbocycles. The highest BCUT2D eigenvalue weighted by Crippen LogP contribution is 2.69. The van der Waals surface area contributed by atoms with Crippen LogP contribution in [0.5, 0.6) is 5.75 Å². The van der Waals surface area contributed by atoms with Crippen LogP contribution in [0.1, 0.15) is 22.8 Å². The Kier molecular flexibility index (Phi) is 4.93. The smallest absolute Gasteiger partial charge is 0.305 e.